The van der Waals surface area contributed by atoms with Gasteiger partial charge in [0.1, 0.15) is 11.6 Å². The van der Waals surface area contributed by atoms with Gasteiger partial charge in [0, 0.05) is 12.4 Å². The molecule has 144 valence electrons. The molecule has 2 aromatic carbocycles. The van der Waals surface area contributed by atoms with E-state index in [0.29, 0.717) is 0 Å². The van der Waals surface area contributed by atoms with Crippen molar-refractivity contribution in [3.63, 3.8) is 0 Å². The lowest BCUT2D eigenvalue weighted by atomic mass is 10.1. The minimum absolute atomic E-state index is 0.0247. The monoisotopic (exact) mass is 525 g/mol. The van der Waals surface area contributed by atoms with Crippen LogP contribution in [0.15, 0.2) is 33.2 Å². The molecule has 2 rings (SSSR count). The first-order valence-electron chi connectivity index (χ1n) is 6.91. The molecule has 0 heterocycles. The normalized spacial score (nSPS) is 10.9. The number of halogens is 9. The van der Waals surface area contributed by atoms with Crippen molar-refractivity contribution in [2.24, 2.45) is 5.73 Å². The zero-order valence-electron chi connectivity index (χ0n) is 12.9. The summed E-state index contributed by atoms with van der Waals surface area (Å²) in [5, 5.41) is 0. The van der Waals surface area contributed by atoms with E-state index in [0.717, 1.165) is 0 Å². The molecule has 1 nitrogen and oxygen atoms in total. The highest BCUT2D eigenvalue weighted by molar-refractivity contribution is 9.10. The second-order valence-corrected chi connectivity index (χ2v) is 6.78. The summed E-state index contributed by atoms with van der Waals surface area (Å²) in [5.41, 5.74) is 4.21. The molecule has 10 heteroatoms. The quantitative estimate of drug-likeness (QED) is 0.329. The van der Waals surface area contributed by atoms with Gasteiger partial charge in [0.25, 0.3) is 12.9 Å². The van der Waals surface area contributed by atoms with Crippen molar-refractivity contribution in [3.05, 3.63) is 67.1 Å². The third-order valence-electron chi connectivity index (χ3n) is 3.25. The van der Waals surface area contributed by atoms with Crippen LogP contribution in [0.3, 0.4) is 0 Å². The topological polar surface area (TPSA) is 26.0 Å². The largest absolute Gasteiger partial charge is 0.326 e. The van der Waals surface area contributed by atoms with Gasteiger partial charge in [-0.25, -0.2) is 26.3 Å². The summed E-state index contributed by atoms with van der Waals surface area (Å²) >= 11 is 11.0. The first kappa shape index (κ1) is 23.3. The summed E-state index contributed by atoms with van der Waals surface area (Å²) < 4.78 is 75.6. The molecule has 0 aliphatic rings. The molecule has 0 amide bonds. The molecule has 0 atom stereocenters. The minimum Gasteiger partial charge on any atom is -0.326 e. The highest BCUT2D eigenvalue weighted by Crippen LogP contribution is 2.31. The van der Waals surface area contributed by atoms with Crippen LogP contribution in [-0.4, -0.2) is 0 Å². The van der Waals surface area contributed by atoms with Crippen LogP contribution < -0.4 is 5.73 Å². The van der Waals surface area contributed by atoms with Gasteiger partial charge in [-0.3, -0.25) is 0 Å². The first-order valence-corrected chi connectivity index (χ1v) is 9.03. The van der Waals surface area contributed by atoms with Crippen LogP contribution in [0.4, 0.5) is 26.3 Å². The Morgan fingerprint density at radius 2 is 1.19 bits per heavy atom. The van der Waals surface area contributed by atoms with Crippen LogP contribution in [0, 0.1) is 11.6 Å². The summed E-state index contributed by atoms with van der Waals surface area (Å²) in [6.45, 7) is -0.0934. The van der Waals surface area contributed by atoms with Gasteiger partial charge in [-0.15, -0.1) is 11.6 Å². The third kappa shape index (κ3) is 5.61. The van der Waals surface area contributed by atoms with Gasteiger partial charge in [0.05, 0.1) is 20.1 Å². The SMILES string of the molecule is Fc1c(Br)ccc(CCl)c1C(F)F.NCc1ccc(Br)c(F)c1C(F)F. The van der Waals surface area contributed by atoms with Crippen molar-refractivity contribution in [1.29, 1.82) is 0 Å². The summed E-state index contributed by atoms with van der Waals surface area (Å²) in [5.74, 6) is -1.99. The second-order valence-electron chi connectivity index (χ2n) is 4.81. The molecule has 26 heavy (non-hydrogen) atoms. The number of hydrogen-bond acceptors (Lipinski definition) is 1. The Bertz CT molecular complexity index is 695. The molecule has 0 saturated heterocycles. The molecule has 0 aromatic heterocycles. The van der Waals surface area contributed by atoms with Crippen molar-refractivity contribution < 1.29 is 26.3 Å². The highest BCUT2D eigenvalue weighted by Gasteiger charge is 2.20. The third-order valence-corrected chi connectivity index (χ3v) is 4.76. The molecule has 0 aliphatic carbocycles. The molecular formula is C16H12Br2ClF6N. The Morgan fingerprint density at radius 1 is 0.808 bits per heavy atom. The fraction of sp³-hybridized carbons (Fsp3) is 0.250. The first-order chi connectivity index (χ1) is 12.1. The molecule has 2 aromatic rings. The van der Waals surface area contributed by atoms with E-state index in [-0.39, 0.29) is 32.5 Å². The number of rotatable bonds is 4. The Balaban J connectivity index is 0.000000260. The lowest BCUT2D eigenvalue weighted by molar-refractivity contribution is 0.144. The average Bonchev–Trinajstić information content (AvgIpc) is 2.59. The fourth-order valence-electron chi connectivity index (χ4n) is 1.98. The minimum atomic E-state index is -2.84. The average molecular weight is 528 g/mol. The fourth-order valence-corrected chi connectivity index (χ4v) is 2.90. The smallest absolute Gasteiger partial charge is 0.267 e. The Labute approximate surface area is 167 Å². The predicted octanol–water partition coefficient (Wildman–Crippen LogP) is 7.25. The maximum Gasteiger partial charge on any atom is 0.267 e. The van der Waals surface area contributed by atoms with Crippen LogP contribution in [-0.2, 0) is 12.4 Å². The molecule has 0 radical (unpaired) electrons. The zero-order valence-corrected chi connectivity index (χ0v) is 16.8. The highest BCUT2D eigenvalue weighted by atomic mass is 79.9. The Morgan fingerprint density at radius 3 is 1.54 bits per heavy atom. The standard InChI is InChI=1S/C8H5BrClF3.C8H7BrF3N/c9-5-2-1-4(3-10)6(7(5)11)8(12)13;9-5-2-1-4(3-13)6(7(5)10)8(11)12/h1-2,8H,3H2;1-2,8H,3,13H2. The Hall–Kier alpha value is -0.770. The van der Waals surface area contributed by atoms with Gasteiger partial charge in [0.15, 0.2) is 0 Å². The van der Waals surface area contributed by atoms with Crippen LogP contribution >= 0.6 is 43.5 Å². The van der Waals surface area contributed by atoms with Crippen LogP contribution in [0.2, 0.25) is 0 Å². The van der Waals surface area contributed by atoms with E-state index >= 15 is 0 Å². The van der Waals surface area contributed by atoms with E-state index in [1.165, 1.54) is 24.3 Å². The number of benzene rings is 2. The van der Waals surface area contributed by atoms with Crippen LogP contribution in [0.5, 0.6) is 0 Å². The van der Waals surface area contributed by atoms with Crippen LogP contribution in [0.1, 0.15) is 35.1 Å². The maximum absolute atomic E-state index is 13.1. The van der Waals surface area contributed by atoms with Gasteiger partial charge in [0.2, 0.25) is 0 Å². The van der Waals surface area contributed by atoms with E-state index in [9.17, 15) is 26.3 Å². The molecule has 0 unspecified atom stereocenters. The van der Waals surface area contributed by atoms with E-state index in [1.54, 1.807) is 0 Å². The molecular weight excluding hydrogens is 515 g/mol. The van der Waals surface area contributed by atoms with Gasteiger partial charge < -0.3 is 5.73 Å². The summed E-state index contributed by atoms with van der Waals surface area (Å²) in [4.78, 5) is 0. The molecule has 0 bridgehead atoms. The van der Waals surface area contributed by atoms with Crippen molar-refractivity contribution in [1.82, 2.24) is 0 Å². The summed E-state index contributed by atoms with van der Waals surface area (Å²) in [6.07, 6.45) is -5.68. The van der Waals surface area contributed by atoms with Crippen molar-refractivity contribution in [2.75, 3.05) is 0 Å². The molecule has 2 N–H and O–H groups in total. The van der Waals surface area contributed by atoms with E-state index < -0.39 is 35.6 Å². The van der Waals surface area contributed by atoms with Crippen LogP contribution in [0.25, 0.3) is 0 Å². The maximum atomic E-state index is 13.1. The summed E-state index contributed by atoms with van der Waals surface area (Å²) in [7, 11) is 0. The van der Waals surface area contributed by atoms with Gasteiger partial charge >= 0.3 is 0 Å². The van der Waals surface area contributed by atoms with E-state index in [1.807, 2.05) is 0 Å². The summed E-state index contributed by atoms with van der Waals surface area (Å²) in [6, 6.07) is 5.48. The lowest BCUT2D eigenvalue weighted by Gasteiger charge is -2.08. The number of alkyl halides is 5. The van der Waals surface area contributed by atoms with Gasteiger partial charge in [-0.1, -0.05) is 12.1 Å². The Kier molecular flexibility index (Phi) is 9.43. The van der Waals surface area contributed by atoms with E-state index in [4.69, 9.17) is 17.3 Å². The molecule has 0 saturated carbocycles. The predicted molar refractivity (Wildman–Crippen MR) is 95.6 cm³/mol. The molecule has 0 spiro atoms. The molecule has 0 fully saturated rings. The van der Waals surface area contributed by atoms with Gasteiger partial charge in [-0.05, 0) is 55.1 Å². The van der Waals surface area contributed by atoms with Crippen molar-refractivity contribution >= 4 is 43.5 Å². The van der Waals surface area contributed by atoms with Crippen molar-refractivity contribution in [2.45, 2.75) is 25.3 Å². The second kappa shape index (κ2) is 10.5. The van der Waals surface area contributed by atoms with Gasteiger partial charge in [-0.2, -0.15) is 0 Å². The number of hydrogen-bond donors (Lipinski definition) is 1. The lowest BCUT2D eigenvalue weighted by Crippen LogP contribution is -2.04. The van der Waals surface area contributed by atoms with Crippen molar-refractivity contribution in [3.8, 4) is 0 Å². The molecule has 0 aliphatic heterocycles. The zero-order chi connectivity index (χ0) is 20.0. The van der Waals surface area contributed by atoms with E-state index in [2.05, 4.69) is 31.9 Å². The number of nitrogens with two attached hydrogens (primary N) is 1.